The van der Waals surface area contributed by atoms with Gasteiger partial charge in [-0.05, 0) is 45.0 Å². The molecule has 1 aliphatic heterocycles. The zero-order valence-corrected chi connectivity index (χ0v) is 12.7. The van der Waals surface area contributed by atoms with Gasteiger partial charge in [-0.15, -0.1) is 12.4 Å². The van der Waals surface area contributed by atoms with E-state index in [-0.39, 0.29) is 12.4 Å². The molecule has 1 heterocycles. The Hall–Kier alpha value is -0.770. The Kier molecular flexibility index (Phi) is 7.21. The molecule has 1 aromatic carbocycles. The monoisotopic (exact) mass is 284 g/mol. The number of rotatable bonds is 5. The molecule has 1 saturated heterocycles. The van der Waals surface area contributed by atoms with Crippen molar-refractivity contribution in [2.24, 2.45) is 5.92 Å². The van der Waals surface area contributed by atoms with E-state index < -0.39 is 0 Å². The number of hydrogen-bond acceptors (Lipinski definition) is 3. The maximum atomic E-state index is 5.42. The van der Waals surface area contributed by atoms with Crippen molar-refractivity contribution in [1.29, 1.82) is 0 Å². The molecule has 0 aromatic heterocycles. The predicted octanol–water partition coefficient (Wildman–Crippen LogP) is 2.55. The third-order valence-corrected chi connectivity index (χ3v) is 3.68. The molecule has 0 amide bonds. The van der Waals surface area contributed by atoms with E-state index in [1.54, 1.807) is 7.11 Å². The maximum absolute atomic E-state index is 5.42. The minimum absolute atomic E-state index is 0. The molecule has 1 atom stereocenters. The van der Waals surface area contributed by atoms with Crippen LogP contribution in [0.15, 0.2) is 24.3 Å². The van der Waals surface area contributed by atoms with E-state index in [9.17, 15) is 0 Å². The number of ether oxygens (including phenoxy) is 1. The fourth-order valence-electron chi connectivity index (χ4n) is 2.82. The van der Waals surface area contributed by atoms with E-state index in [2.05, 4.69) is 22.3 Å². The number of para-hydroxylation sites is 1. The predicted molar refractivity (Wildman–Crippen MR) is 82.2 cm³/mol. The molecule has 1 aromatic rings. The quantitative estimate of drug-likeness (QED) is 0.899. The lowest BCUT2D eigenvalue weighted by atomic mass is 9.97. The van der Waals surface area contributed by atoms with Gasteiger partial charge in [0.25, 0.3) is 0 Å². The Bertz CT molecular complexity index is 371. The summed E-state index contributed by atoms with van der Waals surface area (Å²) in [5, 5.41) is 3.29. The lowest BCUT2D eigenvalue weighted by molar-refractivity contribution is 0.165. The molecular formula is C15H25ClN2O. The van der Waals surface area contributed by atoms with Crippen LogP contribution >= 0.6 is 12.4 Å². The van der Waals surface area contributed by atoms with Crippen molar-refractivity contribution >= 4 is 12.4 Å². The molecule has 2 rings (SSSR count). The van der Waals surface area contributed by atoms with Gasteiger partial charge in [-0.1, -0.05) is 18.2 Å². The summed E-state index contributed by atoms with van der Waals surface area (Å²) in [5.74, 6) is 1.80. The molecule has 1 aliphatic rings. The van der Waals surface area contributed by atoms with Crippen molar-refractivity contribution in [2.75, 3.05) is 33.8 Å². The molecule has 108 valence electrons. The highest BCUT2D eigenvalue weighted by molar-refractivity contribution is 5.85. The summed E-state index contributed by atoms with van der Waals surface area (Å²) in [4.78, 5) is 2.54. The largest absolute Gasteiger partial charge is 0.496 e. The minimum atomic E-state index is 0. The van der Waals surface area contributed by atoms with Gasteiger partial charge in [0.2, 0.25) is 0 Å². The molecule has 0 radical (unpaired) electrons. The number of halogens is 1. The minimum Gasteiger partial charge on any atom is -0.496 e. The molecule has 0 bridgehead atoms. The standard InChI is InChI=1S/C15H24N2O.ClH/c1-16-10-13-6-5-9-17(11-13)12-14-7-3-4-8-15(14)18-2;/h3-4,7-8,13,16H,5-6,9-12H2,1-2H3;1H. The van der Waals surface area contributed by atoms with Gasteiger partial charge in [-0.3, -0.25) is 4.90 Å². The van der Waals surface area contributed by atoms with Crippen LogP contribution in [0.2, 0.25) is 0 Å². The fraction of sp³-hybridized carbons (Fsp3) is 0.600. The van der Waals surface area contributed by atoms with Gasteiger partial charge in [0.05, 0.1) is 7.11 Å². The molecule has 0 spiro atoms. The summed E-state index contributed by atoms with van der Waals surface area (Å²) >= 11 is 0. The van der Waals surface area contributed by atoms with Crippen molar-refractivity contribution in [3.63, 3.8) is 0 Å². The highest BCUT2D eigenvalue weighted by Crippen LogP contribution is 2.23. The zero-order chi connectivity index (χ0) is 12.8. The smallest absolute Gasteiger partial charge is 0.123 e. The van der Waals surface area contributed by atoms with Crippen molar-refractivity contribution in [1.82, 2.24) is 10.2 Å². The molecule has 1 fully saturated rings. The van der Waals surface area contributed by atoms with Gasteiger partial charge in [0.1, 0.15) is 5.75 Å². The average Bonchev–Trinajstić information content (AvgIpc) is 2.40. The summed E-state index contributed by atoms with van der Waals surface area (Å²) < 4.78 is 5.42. The van der Waals surface area contributed by atoms with Crippen LogP contribution in [0, 0.1) is 5.92 Å². The summed E-state index contributed by atoms with van der Waals surface area (Å²) in [6.45, 7) is 4.53. The summed E-state index contributed by atoms with van der Waals surface area (Å²) in [7, 11) is 3.79. The second kappa shape index (κ2) is 8.41. The normalized spacial score (nSPS) is 19.8. The third kappa shape index (κ3) is 4.68. The van der Waals surface area contributed by atoms with E-state index >= 15 is 0 Å². The SMILES string of the molecule is CNCC1CCCN(Cc2ccccc2OC)C1.Cl. The van der Waals surface area contributed by atoms with Gasteiger partial charge >= 0.3 is 0 Å². The van der Waals surface area contributed by atoms with Gasteiger partial charge in [0.15, 0.2) is 0 Å². The first-order valence-corrected chi connectivity index (χ1v) is 6.82. The Morgan fingerprint density at radius 3 is 2.89 bits per heavy atom. The average molecular weight is 285 g/mol. The van der Waals surface area contributed by atoms with Crippen molar-refractivity contribution in [3.8, 4) is 5.75 Å². The number of benzene rings is 1. The van der Waals surface area contributed by atoms with Crippen LogP contribution in [0.1, 0.15) is 18.4 Å². The number of likely N-dealkylation sites (tertiary alicyclic amines) is 1. The van der Waals surface area contributed by atoms with E-state index in [1.807, 2.05) is 19.2 Å². The number of nitrogens with zero attached hydrogens (tertiary/aromatic N) is 1. The van der Waals surface area contributed by atoms with Crippen molar-refractivity contribution in [3.05, 3.63) is 29.8 Å². The molecular weight excluding hydrogens is 260 g/mol. The van der Waals surface area contributed by atoms with Gasteiger partial charge in [0, 0.05) is 18.7 Å². The van der Waals surface area contributed by atoms with Crippen LogP contribution < -0.4 is 10.1 Å². The highest BCUT2D eigenvalue weighted by atomic mass is 35.5. The number of methoxy groups -OCH3 is 1. The van der Waals surface area contributed by atoms with Gasteiger partial charge < -0.3 is 10.1 Å². The molecule has 1 unspecified atom stereocenters. The first-order chi connectivity index (χ1) is 8.83. The second-order valence-electron chi connectivity index (χ2n) is 5.11. The zero-order valence-electron chi connectivity index (χ0n) is 11.9. The fourth-order valence-corrected chi connectivity index (χ4v) is 2.82. The third-order valence-electron chi connectivity index (χ3n) is 3.68. The van der Waals surface area contributed by atoms with Gasteiger partial charge in [-0.2, -0.15) is 0 Å². The van der Waals surface area contributed by atoms with E-state index in [4.69, 9.17) is 4.74 Å². The van der Waals surface area contributed by atoms with E-state index in [1.165, 1.54) is 31.5 Å². The van der Waals surface area contributed by atoms with Crippen LogP contribution in [0.25, 0.3) is 0 Å². The summed E-state index contributed by atoms with van der Waals surface area (Å²) in [5.41, 5.74) is 1.30. The topological polar surface area (TPSA) is 24.5 Å². The van der Waals surface area contributed by atoms with Gasteiger partial charge in [-0.25, -0.2) is 0 Å². The van der Waals surface area contributed by atoms with Crippen LogP contribution in [0.5, 0.6) is 5.75 Å². The molecule has 1 N–H and O–H groups in total. The summed E-state index contributed by atoms with van der Waals surface area (Å²) in [6, 6.07) is 8.33. The second-order valence-corrected chi connectivity index (χ2v) is 5.11. The Morgan fingerprint density at radius 1 is 1.37 bits per heavy atom. The van der Waals surface area contributed by atoms with Crippen molar-refractivity contribution in [2.45, 2.75) is 19.4 Å². The first kappa shape index (κ1) is 16.3. The van der Waals surface area contributed by atoms with E-state index in [0.717, 1.165) is 24.8 Å². The lowest BCUT2D eigenvalue weighted by Gasteiger charge is -2.33. The number of nitrogens with one attached hydrogen (secondary N) is 1. The van der Waals surface area contributed by atoms with Crippen LogP contribution in [0.4, 0.5) is 0 Å². The lowest BCUT2D eigenvalue weighted by Crippen LogP contribution is -2.38. The van der Waals surface area contributed by atoms with Crippen molar-refractivity contribution < 1.29 is 4.74 Å². The van der Waals surface area contributed by atoms with Crippen LogP contribution in [-0.4, -0.2) is 38.7 Å². The Balaban J connectivity index is 0.00000180. The molecule has 19 heavy (non-hydrogen) atoms. The molecule has 0 aliphatic carbocycles. The Labute approximate surface area is 122 Å². The van der Waals surface area contributed by atoms with Crippen LogP contribution in [-0.2, 0) is 6.54 Å². The van der Waals surface area contributed by atoms with E-state index in [0.29, 0.717) is 0 Å². The maximum Gasteiger partial charge on any atom is 0.123 e. The molecule has 0 saturated carbocycles. The van der Waals surface area contributed by atoms with Crippen LogP contribution in [0.3, 0.4) is 0 Å². The number of hydrogen-bond donors (Lipinski definition) is 1. The highest BCUT2D eigenvalue weighted by Gasteiger charge is 2.19. The molecule has 4 heteroatoms. The Morgan fingerprint density at radius 2 is 2.16 bits per heavy atom. The first-order valence-electron chi connectivity index (χ1n) is 6.82. The molecule has 3 nitrogen and oxygen atoms in total. The number of piperidine rings is 1. The summed E-state index contributed by atoms with van der Waals surface area (Å²) in [6.07, 6.45) is 2.66.